The number of phosphoric ester groups is 1. The summed E-state index contributed by atoms with van der Waals surface area (Å²) < 4.78 is 39.7. The van der Waals surface area contributed by atoms with Gasteiger partial charge in [-0.05, 0) is 96.3 Å². The van der Waals surface area contributed by atoms with Gasteiger partial charge >= 0.3 is 25.7 Å². The summed E-state index contributed by atoms with van der Waals surface area (Å²) in [5, 5.41) is 9.86. The first kappa shape index (κ1) is 75.7. The van der Waals surface area contributed by atoms with E-state index in [0.717, 1.165) is 77.0 Å². The molecule has 11 nitrogen and oxygen atoms in total. The van der Waals surface area contributed by atoms with Crippen molar-refractivity contribution in [3.8, 4) is 0 Å². The van der Waals surface area contributed by atoms with Crippen molar-refractivity contribution in [2.45, 2.75) is 341 Å². The van der Waals surface area contributed by atoms with Gasteiger partial charge in [0.25, 0.3) is 0 Å². The number of rotatable bonds is 62. The van der Waals surface area contributed by atoms with Gasteiger partial charge in [0.15, 0.2) is 6.10 Å². The van der Waals surface area contributed by atoms with Crippen LogP contribution in [0.15, 0.2) is 36.5 Å². The maximum Gasteiger partial charge on any atom is 0.472 e. The van der Waals surface area contributed by atoms with Crippen LogP contribution in [-0.2, 0) is 42.2 Å². The maximum atomic E-state index is 13.0. The molecular formula is C66H123O11P. The third-order valence-corrected chi connectivity index (χ3v) is 15.5. The average Bonchev–Trinajstić information content (AvgIpc) is 3.43. The Bertz CT molecular complexity index is 1450. The number of hydrogen-bond acceptors (Lipinski definition) is 10. The maximum absolute atomic E-state index is 13.0. The number of ether oxygens (including phenoxy) is 3. The first-order chi connectivity index (χ1) is 38.2. The first-order valence-electron chi connectivity index (χ1n) is 32.9. The van der Waals surface area contributed by atoms with Crippen LogP contribution < -0.4 is 0 Å². The van der Waals surface area contributed by atoms with Crippen LogP contribution in [-0.4, -0.2) is 66.5 Å². The number of esters is 3. The van der Waals surface area contributed by atoms with Gasteiger partial charge in [0.2, 0.25) is 0 Å². The van der Waals surface area contributed by atoms with Crippen molar-refractivity contribution in [2.75, 3.05) is 26.4 Å². The number of aliphatic hydroxyl groups is 1. The molecule has 0 bridgehead atoms. The molecule has 3 unspecified atom stereocenters. The molecule has 3 atom stereocenters. The molecule has 0 saturated carbocycles. The molecule has 0 aliphatic rings. The molecule has 0 aliphatic carbocycles. The highest BCUT2D eigenvalue weighted by Gasteiger charge is 2.28. The fourth-order valence-electron chi connectivity index (χ4n) is 9.46. The van der Waals surface area contributed by atoms with Gasteiger partial charge in [0.1, 0.15) is 12.7 Å². The molecule has 0 spiro atoms. The van der Waals surface area contributed by atoms with Crippen LogP contribution in [0.4, 0.5) is 0 Å². The third-order valence-electron chi connectivity index (χ3n) is 14.5. The number of hydrogen-bond donors (Lipinski definition) is 2. The first-order valence-corrected chi connectivity index (χ1v) is 34.4. The highest BCUT2D eigenvalue weighted by molar-refractivity contribution is 7.47. The predicted molar refractivity (Wildman–Crippen MR) is 326 cm³/mol. The number of phosphoric acid groups is 1. The Morgan fingerprint density at radius 3 is 0.897 bits per heavy atom. The summed E-state index contributed by atoms with van der Waals surface area (Å²) in [6.07, 6.45) is 65.2. The van der Waals surface area contributed by atoms with Gasteiger partial charge in [0.05, 0.1) is 19.8 Å². The molecule has 0 amide bonds. The van der Waals surface area contributed by atoms with E-state index in [9.17, 15) is 28.9 Å². The lowest BCUT2D eigenvalue weighted by Gasteiger charge is -2.21. The molecule has 0 aromatic carbocycles. The minimum atomic E-state index is -4.75. The normalized spacial score (nSPS) is 13.4. The van der Waals surface area contributed by atoms with Crippen LogP contribution in [0.2, 0.25) is 0 Å². The van der Waals surface area contributed by atoms with Gasteiger partial charge in [0, 0.05) is 19.3 Å². The van der Waals surface area contributed by atoms with Crippen LogP contribution in [0.1, 0.15) is 329 Å². The zero-order chi connectivity index (χ0) is 56.9. The number of allylic oxidation sites excluding steroid dienone is 6. The summed E-state index contributed by atoms with van der Waals surface area (Å²) in [6.45, 7) is 4.68. The van der Waals surface area contributed by atoms with Crippen LogP contribution in [0, 0.1) is 0 Å². The van der Waals surface area contributed by atoms with E-state index in [1.165, 1.54) is 193 Å². The summed E-state index contributed by atoms with van der Waals surface area (Å²) in [5.74, 6) is -1.45. The Balaban J connectivity index is 4.62. The monoisotopic (exact) mass is 1120 g/mol. The molecule has 2 N–H and O–H groups in total. The lowest BCUT2D eigenvalue weighted by Crippen LogP contribution is -2.30. The number of carbonyl (C=O) groups excluding carboxylic acids is 3. The topological polar surface area (TPSA) is 155 Å². The summed E-state index contributed by atoms with van der Waals surface area (Å²) >= 11 is 0. The Morgan fingerprint density at radius 1 is 0.346 bits per heavy atom. The van der Waals surface area contributed by atoms with Crippen molar-refractivity contribution in [3.05, 3.63) is 36.5 Å². The van der Waals surface area contributed by atoms with Crippen LogP contribution >= 0.6 is 7.82 Å². The fourth-order valence-corrected chi connectivity index (χ4v) is 10.2. The molecule has 0 saturated heterocycles. The van der Waals surface area contributed by atoms with Crippen LogP contribution in [0.5, 0.6) is 0 Å². The van der Waals surface area contributed by atoms with E-state index in [4.69, 9.17) is 23.3 Å². The van der Waals surface area contributed by atoms with Gasteiger partial charge in [-0.15, -0.1) is 0 Å². The van der Waals surface area contributed by atoms with Gasteiger partial charge in [-0.1, -0.05) is 250 Å². The number of carbonyl (C=O) groups is 3. The van der Waals surface area contributed by atoms with E-state index < -0.39 is 57.8 Å². The van der Waals surface area contributed by atoms with Crippen LogP contribution in [0.25, 0.3) is 0 Å². The quantitative estimate of drug-likeness (QED) is 0.0197. The molecule has 0 fully saturated rings. The summed E-state index contributed by atoms with van der Waals surface area (Å²) in [5.41, 5.74) is 0. The Morgan fingerprint density at radius 2 is 0.590 bits per heavy atom. The van der Waals surface area contributed by atoms with Crippen molar-refractivity contribution in [1.82, 2.24) is 0 Å². The Kier molecular flexibility index (Phi) is 59.0. The van der Waals surface area contributed by atoms with Crippen molar-refractivity contribution >= 4 is 25.7 Å². The minimum Gasteiger partial charge on any atom is -0.462 e. The molecule has 0 aliphatic heterocycles. The van der Waals surface area contributed by atoms with Crippen molar-refractivity contribution in [1.29, 1.82) is 0 Å². The predicted octanol–water partition coefficient (Wildman–Crippen LogP) is 19.9. The molecular weight excluding hydrogens is 1000 g/mol. The second-order valence-corrected chi connectivity index (χ2v) is 23.7. The molecule has 78 heavy (non-hydrogen) atoms. The van der Waals surface area contributed by atoms with Gasteiger partial charge in [-0.3, -0.25) is 23.4 Å². The number of aliphatic hydroxyl groups excluding tert-OH is 1. The standard InChI is InChI=1S/C66H123O11P/c1-4-7-10-13-16-19-22-25-27-29-31-33-35-38-41-44-47-50-53-56-65(69)76-62(58-67)60-74-78(71,72)75-61-63(59-73-64(68)55-52-49-46-43-40-37-24-21-18-15-12-9-6-3)77-66(70)57-54-51-48-45-42-39-36-34-32-30-28-26-23-20-17-14-11-8-5-2/h21,24-28,62-63,67H,4-20,22-23,29-61H2,1-3H3,(H,71,72)/b24-21-,27-25-,28-26-. The summed E-state index contributed by atoms with van der Waals surface area (Å²) in [6, 6.07) is 0. The lowest BCUT2D eigenvalue weighted by atomic mass is 10.1. The molecule has 458 valence electrons. The molecule has 0 aromatic rings. The fraction of sp³-hybridized carbons (Fsp3) is 0.864. The van der Waals surface area contributed by atoms with E-state index in [-0.39, 0.29) is 25.9 Å². The van der Waals surface area contributed by atoms with Crippen molar-refractivity contribution < 1.29 is 52.2 Å². The van der Waals surface area contributed by atoms with Gasteiger partial charge in [-0.2, -0.15) is 0 Å². The van der Waals surface area contributed by atoms with Crippen molar-refractivity contribution in [3.63, 3.8) is 0 Å². The molecule has 0 rings (SSSR count). The van der Waals surface area contributed by atoms with Crippen LogP contribution in [0.3, 0.4) is 0 Å². The zero-order valence-electron chi connectivity index (χ0n) is 50.9. The SMILES string of the molecule is CCCCCC/C=C\CCCCCCCC(=O)OCC(COP(=O)(O)OCC(CO)OC(=O)CCCCCCCCCCC/C=C\CCCCCCCC)OC(=O)CCCCCCCCCCC/C=C\CCCCCCCC. The van der Waals surface area contributed by atoms with E-state index in [1.807, 2.05) is 0 Å². The largest absolute Gasteiger partial charge is 0.472 e. The second-order valence-electron chi connectivity index (χ2n) is 22.3. The lowest BCUT2D eigenvalue weighted by molar-refractivity contribution is -0.161. The van der Waals surface area contributed by atoms with Gasteiger partial charge < -0.3 is 24.2 Å². The van der Waals surface area contributed by atoms with Crippen molar-refractivity contribution in [2.24, 2.45) is 0 Å². The smallest absolute Gasteiger partial charge is 0.462 e. The van der Waals surface area contributed by atoms with E-state index in [1.54, 1.807) is 0 Å². The number of unbranched alkanes of at least 4 members (excludes halogenated alkanes) is 39. The van der Waals surface area contributed by atoms with Gasteiger partial charge in [-0.25, -0.2) is 4.57 Å². The molecule has 12 heteroatoms. The Hall–Kier alpha value is -2.30. The minimum absolute atomic E-state index is 0.167. The molecule has 0 heterocycles. The van der Waals surface area contributed by atoms with E-state index in [0.29, 0.717) is 19.3 Å². The molecule has 0 aromatic heterocycles. The zero-order valence-corrected chi connectivity index (χ0v) is 51.8. The molecule has 0 radical (unpaired) electrons. The second kappa shape index (κ2) is 60.8. The highest BCUT2D eigenvalue weighted by Crippen LogP contribution is 2.43. The third kappa shape index (κ3) is 58.4. The summed E-state index contributed by atoms with van der Waals surface area (Å²) in [4.78, 5) is 48.7. The highest BCUT2D eigenvalue weighted by atomic mass is 31.2. The van der Waals surface area contributed by atoms with E-state index in [2.05, 4.69) is 57.2 Å². The van der Waals surface area contributed by atoms with E-state index >= 15 is 0 Å². The summed E-state index contributed by atoms with van der Waals surface area (Å²) in [7, 11) is -4.75. The average molecular weight is 1120 g/mol. The Labute approximate surface area is 480 Å².